The Bertz CT molecular complexity index is 430. The summed E-state index contributed by atoms with van der Waals surface area (Å²) in [5.41, 5.74) is 1.01. The van der Waals surface area contributed by atoms with Gasteiger partial charge in [-0.3, -0.25) is 0 Å². The van der Waals surface area contributed by atoms with Crippen LogP contribution in [0.2, 0.25) is 0 Å². The van der Waals surface area contributed by atoms with Crippen molar-refractivity contribution >= 4 is 0 Å². The molecular weight excluding hydrogens is 181 g/mol. The number of hydrogen-bond acceptors (Lipinski definition) is 2. The van der Waals surface area contributed by atoms with E-state index in [1.165, 1.54) is 12.1 Å². The monoisotopic (exact) mass is 191 g/mol. The number of nitrogens with zero attached hydrogens (tertiary/aromatic N) is 1. The van der Waals surface area contributed by atoms with Gasteiger partial charge in [-0.05, 0) is 43.0 Å². The first-order valence-electron chi connectivity index (χ1n) is 4.50. The fraction of sp³-hybridized carbons (Fsp3) is 0.364. The van der Waals surface area contributed by atoms with E-state index < -0.39 is 11.2 Å². The Morgan fingerprint density at radius 2 is 2.14 bits per heavy atom. The molecule has 0 aromatic heterocycles. The van der Waals surface area contributed by atoms with Crippen LogP contribution < -0.4 is 0 Å². The minimum Gasteiger partial charge on any atom is -0.505 e. The van der Waals surface area contributed by atoms with Crippen molar-refractivity contribution in [2.75, 3.05) is 0 Å². The summed E-state index contributed by atoms with van der Waals surface area (Å²) in [7, 11) is 0. The third-order valence-corrected chi connectivity index (χ3v) is 2.77. The predicted octanol–water partition coefficient (Wildman–Crippen LogP) is 2.39. The maximum Gasteiger partial charge on any atom is 0.165 e. The van der Waals surface area contributed by atoms with E-state index in [0.717, 1.165) is 24.0 Å². The number of phenols is 1. The van der Waals surface area contributed by atoms with Crippen LogP contribution in [0.3, 0.4) is 0 Å². The van der Waals surface area contributed by atoms with Gasteiger partial charge >= 0.3 is 0 Å². The maximum atomic E-state index is 13.1. The van der Waals surface area contributed by atoms with E-state index in [0.29, 0.717) is 0 Å². The number of phenolic OH excluding ortho intramolecular Hbond substituents is 1. The molecule has 0 radical (unpaired) electrons. The van der Waals surface area contributed by atoms with Crippen molar-refractivity contribution in [3.8, 4) is 11.8 Å². The molecule has 1 aromatic rings. The average molecular weight is 191 g/mol. The van der Waals surface area contributed by atoms with E-state index in [4.69, 9.17) is 10.4 Å². The van der Waals surface area contributed by atoms with Gasteiger partial charge < -0.3 is 5.11 Å². The standard InChI is InChI=1S/C11H10FNO/c1-7-4-10(14)9(12)5-8(7)11(6-13)2-3-11/h4-5,14H,2-3H2,1H3. The molecule has 0 aliphatic heterocycles. The predicted molar refractivity (Wildman–Crippen MR) is 49.3 cm³/mol. The summed E-state index contributed by atoms with van der Waals surface area (Å²) < 4.78 is 13.1. The molecule has 1 aliphatic rings. The molecule has 0 spiro atoms. The first-order valence-corrected chi connectivity index (χ1v) is 4.50. The number of hydrogen-bond donors (Lipinski definition) is 1. The second-order valence-electron chi connectivity index (χ2n) is 3.81. The quantitative estimate of drug-likeness (QED) is 0.740. The minimum absolute atomic E-state index is 0.347. The molecule has 0 heterocycles. The van der Waals surface area contributed by atoms with Gasteiger partial charge in [0.1, 0.15) is 0 Å². The molecule has 0 bridgehead atoms. The van der Waals surface area contributed by atoms with Crippen LogP contribution in [0.25, 0.3) is 0 Å². The molecule has 0 unspecified atom stereocenters. The van der Waals surface area contributed by atoms with Crippen LogP contribution in [0.4, 0.5) is 4.39 Å². The highest BCUT2D eigenvalue weighted by Crippen LogP contribution is 2.49. The summed E-state index contributed by atoms with van der Waals surface area (Å²) >= 11 is 0. The Hall–Kier alpha value is -1.56. The van der Waals surface area contributed by atoms with Crippen molar-refractivity contribution in [2.24, 2.45) is 0 Å². The molecular formula is C11H10FNO. The van der Waals surface area contributed by atoms with Crippen molar-refractivity contribution in [2.45, 2.75) is 25.2 Å². The van der Waals surface area contributed by atoms with Gasteiger partial charge in [0.05, 0.1) is 11.5 Å². The van der Waals surface area contributed by atoms with Crippen molar-refractivity contribution in [1.82, 2.24) is 0 Å². The SMILES string of the molecule is Cc1cc(O)c(F)cc1C1(C#N)CC1. The van der Waals surface area contributed by atoms with Crippen LogP contribution in [0.15, 0.2) is 12.1 Å². The zero-order valence-electron chi connectivity index (χ0n) is 7.84. The third-order valence-electron chi connectivity index (χ3n) is 2.77. The van der Waals surface area contributed by atoms with Gasteiger partial charge in [-0.15, -0.1) is 0 Å². The largest absolute Gasteiger partial charge is 0.505 e. The molecule has 1 saturated carbocycles. The van der Waals surface area contributed by atoms with Gasteiger partial charge in [-0.2, -0.15) is 5.26 Å². The normalized spacial score (nSPS) is 17.5. The first kappa shape index (κ1) is 9.01. The van der Waals surface area contributed by atoms with Gasteiger partial charge in [-0.25, -0.2) is 4.39 Å². The molecule has 1 aliphatic carbocycles. The molecule has 2 rings (SSSR count). The second-order valence-corrected chi connectivity index (χ2v) is 3.81. The van der Waals surface area contributed by atoms with Gasteiger partial charge in [0.15, 0.2) is 11.6 Å². The van der Waals surface area contributed by atoms with Crippen molar-refractivity contribution in [3.63, 3.8) is 0 Å². The number of benzene rings is 1. The Morgan fingerprint density at radius 1 is 1.50 bits per heavy atom. The molecule has 1 aromatic carbocycles. The molecule has 1 N–H and O–H groups in total. The highest BCUT2D eigenvalue weighted by molar-refractivity contribution is 5.46. The summed E-state index contributed by atoms with van der Waals surface area (Å²) in [4.78, 5) is 0. The molecule has 0 atom stereocenters. The van der Waals surface area contributed by atoms with Gasteiger partial charge in [0.25, 0.3) is 0 Å². The zero-order chi connectivity index (χ0) is 10.3. The Labute approximate surface area is 81.6 Å². The Kier molecular flexibility index (Phi) is 1.75. The van der Waals surface area contributed by atoms with Crippen LogP contribution in [0.1, 0.15) is 24.0 Å². The molecule has 0 saturated heterocycles. The highest BCUT2D eigenvalue weighted by Gasteiger charge is 2.46. The minimum atomic E-state index is -0.646. The molecule has 1 fully saturated rings. The number of halogens is 1. The fourth-order valence-corrected chi connectivity index (χ4v) is 1.75. The summed E-state index contributed by atoms with van der Waals surface area (Å²) in [6.45, 7) is 1.78. The van der Waals surface area contributed by atoms with E-state index in [-0.39, 0.29) is 5.75 Å². The molecule has 2 nitrogen and oxygen atoms in total. The summed E-state index contributed by atoms with van der Waals surface area (Å²) in [6.07, 6.45) is 1.57. The van der Waals surface area contributed by atoms with Crippen LogP contribution in [0.5, 0.6) is 5.75 Å². The Morgan fingerprint density at radius 3 is 2.64 bits per heavy atom. The van der Waals surface area contributed by atoms with E-state index in [9.17, 15) is 4.39 Å². The van der Waals surface area contributed by atoms with Gasteiger partial charge in [-0.1, -0.05) is 0 Å². The topological polar surface area (TPSA) is 44.0 Å². The molecule has 14 heavy (non-hydrogen) atoms. The van der Waals surface area contributed by atoms with E-state index in [2.05, 4.69) is 6.07 Å². The lowest BCUT2D eigenvalue weighted by Crippen LogP contribution is -2.05. The molecule has 0 amide bonds. The van der Waals surface area contributed by atoms with Crippen molar-refractivity contribution < 1.29 is 9.50 Å². The molecule has 3 heteroatoms. The van der Waals surface area contributed by atoms with E-state index >= 15 is 0 Å². The van der Waals surface area contributed by atoms with Crippen LogP contribution in [-0.4, -0.2) is 5.11 Å². The second kappa shape index (κ2) is 2.71. The summed E-state index contributed by atoms with van der Waals surface area (Å²) in [5.74, 6) is -0.993. The first-order chi connectivity index (χ1) is 6.59. The lowest BCUT2D eigenvalue weighted by atomic mass is 9.93. The molecule has 72 valence electrons. The lowest BCUT2D eigenvalue weighted by Gasteiger charge is -2.10. The summed E-state index contributed by atoms with van der Waals surface area (Å²) in [6, 6.07) is 4.86. The zero-order valence-corrected chi connectivity index (χ0v) is 7.84. The smallest absolute Gasteiger partial charge is 0.165 e. The average Bonchev–Trinajstić information content (AvgIpc) is 2.92. The van der Waals surface area contributed by atoms with Crippen molar-refractivity contribution in [3.05, 3.63) is 29.1 Å². The van der Waals surface area contributed by atoms with E-state index in [1.54, 1.807) is 6.92 Å². The van der Waals surface area contributed by atoms with Crippen molar-refractivity contribution in [1.29, 1.82) is 5.26 Å². The maximum absolute atomic E-state index is 13.1. The number of aryl methyl sites for hydroxylation is 1. The third kappa shape index (κ3) is 1.15. The van der Waals surface area contributed by atoms with E-state index in [1.807, 2.05) is 0 Å². The van der Waals surface area contributed by atoms with Gasteiger partial charge in [0, 0.05) is 0 Å². The van der Waals surface area contributed by atoms with Crippen LogP contribution >= 0.6 is 0 Å². The number of nitriles is 1. The lowest BCUT2D eigenvalue weighted by molar-refractivity contribution is 0.431. The summed E-state index contributed by atoms with van der Waals surface area (Å²) in [5, 5.41) is 18.1. The Balaban J connectivity index is 2.55. The number of rotatable bonds is 1. The number of aromatic hydroxyl groups is 1. The highest BCUT2D eigenvalue weighted by atomic mass is 19.1. The van der Waals surface area contributed by atoms with Crippen LogP contribution in [0, 0.1) is 24.1 Å². The van der Waals surface area contributed by atoms with Gasteiger partial charge in [0.2, 0.25) is 0 Å². The van der Waals surface area contributed by atoms with Crippen LogP contribution in [-0.2, 0) is 5.41 Å². The fourth-order valence-electron chi connectivity index (χ4n) is 1.75.